The molecule has 3 rings (SSSR count). The fourth-order valence-corrected chi connectivity index (χ4v) is 2.70. The normalized spacial score (nSPS) is 10.8. The predicted octanol–water partition coefficient (Wildman–Crippen LogP) is 3.85. The average molecular weight is 324 g/mol. The van der Waals surface area contributed by atoms with Gasteiger partial charge in [0.05, 0.1) is 13.3 Å². The molecule has 0 amide bonds. The Morgan fingerprint density at radius 3 is 2.74 bits per heavy atom. The molecule has 116 valence electrons. The summed E-state index contributed by atoms with van der Waals surface area (Å²) in [7, 11) is 1.67. The minimum Gasteiger partial charge on any atom is -0.496 e. The molecule has 0 saturated heterocycles. The van der Waals surface area contributed by atoms with Crippen molar-refractivity contribution in [2.45, 2.75) is 0 Å². The zero-order chi connectivity index (χ0) is 16.1. The Morgan fingerprint density at radius 1 is 1.22 bits per heavy atom. The van der Waals surface area contributed by atoms with Gasteiger partial charge < -0.3 is 10.5 Å². The number of rotatable bonds is 5. The lowest BCUT2D eigenvalue weighted by Gasteiger charge is -2.09. The summed E-state index contributed by atoms with van der Waals surface area (Å²) in [5.74, 6) is 1.32. The van der Waals surface area contributed by atoms with E-state index in [1.165, 1.54) is 11.3 Å². The van der Waals surface area contributed by atoms with Gasteiger partial charge in [0, 0.05) is 10.9 Å². The number of nitrogen functional groups attached to an aromatic ring is 1. The SMILES string of the molecule is COc1ccc(C=NNc2nc(N)cs2)cc1-c1ccccc1. The molecule has 2 aromatic carbocycles. The number of nitrogens with two attached hydrogens (primary N) is 1. The number of benzene rings is 2. The Morgan fingerprint density at radius 2 is 2.04 bits per heavy atom. The Hall–Kier alpha value is -2.86. The van der Waals surface area contributed by atoms with E-state index >= 15 is 0 Å². The summed E-state index contributed by atoms with van der Waals surface area (Å²) >= 11 is 1.41. The van der Waals surface area contributed by atoms with Crippen LogP contribution < -0.4 is 15.9 Å². The van der Waals surface area contributed by atoms with E-state index in [2.05, 4.69) is 27.6 Å². The lowest BCUT2D eigenvalue weighted by molar-refractivity contribution is 0.416. The molecular weight excluding hydrogens is 308 g/mol. The molecule has 1 aromatic heterocycles. The number of anilines is 2. The highest BCUT2D eigenvalue weighted by Crippen LogP contribution is 2.30. The van der Waals surface area contributed by atoms with Gasteiger partial charge in [-0.15, -0.1) is 11.3 Å². The number of ether oxygens (including phenoxy) is 1. The van der Waals surface area contributed by atoms with Crippen LogP contribution in [0.5, 0.6) is 5.75 Å². The zero-order valence-corrected chi connectivity index (χ0v) is 13.4. The standard InChI is InChI=1S/C17H16N4OS/c1-22-15-8-7-12(9-14(15)13-5-3-2-4-6-13)10-19-21-17-20-16(18)11-23-17/h2-11H,18H2,1H3,(H,20,21). The summed E-state index contributed by atoms with van der Waals surface area (Å²) in [5, 5.41) is 6.62. The van der Waals surface area contributed by atoms with Crippen molar-refractivity contribution >= 4 is 28.5 Å². The fourth-order valence-electron chi connectivity index (χ4n) is 2.15. The number of hydrogen-bond donors (Lipinski definition) is 2. The van der Waals surface area contributed by atoms with Crippen molar-refractivity contribution in [1.29, 1.82) is 0 Å². The first-order chi connectivity index (χ1) is 11.3. The van der Waals surface area contributed by atoms with Crippen molar-refractivity contribution in [2.75, 3.05) is 18.3 Å². The first kappa shape index (κ1) is 15.1. The largest absolute Gasteiger partial charge is 0.496 e. The molecule has 23 heavy (non-hydrogen) atoms. The van der Waals surface area contributed by atoms with E-state index < -0.39 is 0 Å². The van der Waals surface area contributed by atoms with Gasteiger partial charge in [0.15, 0.2) is 0 Å². The maximum absolute atomic E-state index is 5.57. The maximum Gasteiger partial charge on any atom is 0.205 e. The Bertz CT molecular complexity index is 814. The van der Waals surface area contributed by atoms with Crippen LogP contribution >= 0.6 is 11.3 Å². The van der Waals surface area contributed by atoms with E-state index in [1.54, 1.807) is 18.7 Å². The van der Waals surface area contributed by atoms with Crippen LogP contribution in [0.4, 0.5) is 10.9 Å². The summed E-state index contributed by atoms with van der Waals surface area (Å²) in [6, 6.07) is 16.0. The molecule has 0 aliphatic rings. The van der Waals surface area contributed by atoms with Crippen molar-refractivity contribution in [2.24, 2.45) is 5.10 Å². The molecule has 3 aromatic rings. The molecule has 0 aliphatic heterocycles. The molecule has 0 fully saturated rings. The summed E-state index contributed by atoms with van der Waals surface area (Å²) in [4.78, 5) is 4.09. The molecular formula is C17H16N4OS. The third-order valence-corrected chi connectivity index (χ3v) is 3.97. The number of nitrogens with one attached hydrogen (secondary N) is 1. The number of nitrogens with zero attached hydrogens (tertiary/aromatic N) is 2. The van der Waals surface area contributed by atoms with E-state index in [0.29, 0.717) is 10.9 Å². The fraction of sp³-hybridized carbons (Fsp3) is 0.0588. The van der Waals surface area contributed by atoms with Crippen molar-refractivity contribution in [3.63, 3.8) is 0 Å². The molecule has 5 nitrogen and oxygen atoms in total. The summed E-state index contributed by atoms with van der Waals surface area (Å²) in [6.07, 6.45) is 1.74. The summed E-state index contributed by atoms with van der Waals surface area (Å²) in [5.41, 5.74) is 11.5. The second-order valence-corrected chi connectivity index (χ2v) is 5.63. The highest BCUT2D eigenvalue weighted by molar-refractivity contribution is 7.14. The molecule has 3 N–H and O–H groups in total. The van der Waals surface area contributed by atoms with Crippen LogP contribution in [0.15, 0.2) is 59.0 Å². The van der Waals surface area contributed by atoms with E-state index in [4.69, 9.17) is 10.5 Å². The number of aromatic nitrogens is 1. The molecule has 0 atom stereocenters. The second-order valence-electron chi connectivity index (χ2n) is 4.77. The average Bonchev–Trinajstić information content (AvgIpc) is 3.01. The third-order valence-electron chi connectivity index (χ3n) is 3.20. The first-order valence-electron chi connectivity index (χ1n) is 7.00. The van der Waals surface area contributed by atoms with Crippen LogP contribution in [-0.4, -0.2) is 18.3 Å². The van der Waals surface area contributed by atoms with Gasteiger partial charge in [-0.05, 0) is 29.3 Å². The summed E-state index contributed by atoms with van der Waals surface area (Å²) in [6.45, 7) is 0. The zero-order valence-electron chi connectivity index (χ0n) is 12.6. The van der Waals surface area contributed by atoms with Gasteiger partial charge in [-0.3, -0.25) is 5.43 Å². The number of hydrogen-bond acceptors (Lipinski definition) is 6. The lowest BCUT2D eigenvalue weighted by Crippen LogP contribution is -1.93. The topological polar surface area (TPSA) is 72.5 Å². The van der Waals surface area contributed by atoms with E-state index in [9.17, 15) is 0 Å². The maximum atomic E-state index is 5.57. The minimum atomic E-state index is 0.489. The van der Waals surface area contributed by atoms with Gasteiger partial charge in [-0.1, -0.05) is 30.3 Å². The highest BCUT2D eigenvalue weighted by Gasteiger charge is 2.06. The van der Waals surface area contributed by atoms with Gasteiger partial charge in [0.25, 0.3) is 0 Å². The highest BCUT2D eigenvalue weighted by atomic mass is 32.1. The van der Waals surface area contributed by atoms with Crippen LogP contribution in [0.3, 0.4) is 0 Å². The molecule has 0 bridgehead atoms. The van der Waals surface area contributed by atoms with Crippen LogP contribution in [-0.2, 0) is 0 Å². The molecule has 0 saturated carbocycles. The van der Waals surface area contributed by atoms with E-state index in [-0.39, 0.29) is 0 Å². The van der Waals surface area contributed by atoms with Crippen LogP contribution in [0.2, 0.25) is 0 Å². The van der Waals surface area contributed by atoms with E-state index in [1.807, 2.05) is 36.4 Å². The Balaban J connectivity index is 1.83. The quantitative estimate of drug-likeness (QED) is 0.552. The van der Waals surface area contributed by atoms with Gasteiger partial charge in [-0.25, -0.2) is 4.98 Å². The van der Waals surface area contributed by atoms with Crippen LogP contribution in [0.25, 0.3) is 11.1 Å². The molecule has 6 heteroatoms. The smallest absolute Gasteiger partial charge is 0.205 e. The van der Waals surface area contributed by atoms with Crippen molar-refractivity contribution in [3.05, 3.63) is 59.5 Å². The lowest BCUT2D eigenvalue weighted by atomic mass is 10.0. The number of hydrazone groups is 1. The second kappa shape index (κ2) is 6.93. The monoisotopic (exact) mass is 324 g/mol. The van der Waals surface area contributed by atoms with Crippen LogP contribution in [0.1, 0.15) is 5.56 Å². The van der Waals surface area contributed by atoms with Gasteiger partial charge in [0.2, 0.25) is 5.13 Å². The third kappa shape index (κ3) is 3.67. The molecule has 0 radical (unpaired) electrons. The Labute approximate surface area is 138 Å². The molecule has 1 heterocycles. The van der Waals surface area contributed by atoms with Crippen LogP contribution in [0, 0.1) is 0 Å². The van der Waals surface area contributed by atoms with Crippen molar-refractivity contribution in [3.8, 4) is 16.9 Å². The van der Waals surface area contributed by atoms with Crippen molar-refractivity contribution < 1.29 is 4.74 Å². The van der Waals surface area contributed by atoms with Gasteiger partial charge in [0.1, 0.15) is 11.6 Å². The predicted molar refractivity (Wildman–Crippen MR) is 96.2 cm³/mol. The minimum absolute atomic E-state index is 0.489. The molecule has 0 unspecified atom stereocenters. The number of methoxy groups -OCH3 is 1. The van der Waals surface area contributed by atoms with Gasteiger partial charge in [-0.2, -0.15) is 5.10 Å². The summed E-state index contributed by atoms with van der Waals surface area (Å²) < 4.78 is 5.45. The molecule has 0 spiro atoms. The van der Waals surface area contributed by atoms with Crippen molar-refractivity contribution in [1.82, 2.24) is 4.98 Å². The van der Waals surface area contributed by atoms with E-state index in [0.717, 1.165) is 22.4 Å². The molecule has 0 aliphatic carbocycles. The van der Waals surface area contributed by atoms with Gasteiger partial charge >= 0.3 is 0 Å². The first-order valence-corrected chi connectivity index (χ1v) is 7.88. The number of thiazole rings is 1. The Kier molecular flexibility index (Phi) is 4.54.